The van der Waals surface area contributed by atoms with Gasteiger partial charge in [-0.25, -0.2) is 4.79 Å². The van der Waals surface area contributed by atoms with Crippen LogP contribution in [0, 0.1) is 6.92 Å². The van der Waals surface area contributed by atoms with Gasteiger partial charge >= 0.3 is 12.0 Å². The maximum Gasteiger partial charge on any atom is 0.506 e. The van der Waals surface area contributed by atoms with E-state index in [0.29, 0.717) is 22.6 Å². The van der Waals surface area contributed by atoms with Crippen LogP contribution in [-0.4, -0.2) is 34.6 Å². The van der Waals surface area contributed by atoms with E-state index in [1.54, 1.807) is 42.9 Å². The van der Waals surface area contributed by atoms with Gasteiger partial charge < -0.3 is 4.42 Å². The number of likely N-dealkylation sites (N-methyl/N-ethyl adjacent to an activating group) is 1. The molecule has 0 spiro atoms. The van der Waals surface area contributed by atoms with Gasteiger partial charge in [0.1, 0.15) is 12.0 Å². The van der Waals surface area contributed by atoms with Gasteiger partial charge in [0, 0.05) is 17.1 Å². The SMILES string of the molecule is Cc1c[n+]2c(o1)N=C1C2C(=O)N(Cc2cccc(Cl)c2)C(=O)N1C. The van der Waals surface area contributed by atoms with Crippen molar-refractivity contribution in [1.82, 2.24) is 9.80 Å². The van der Waals surface area contributed by atoms with Crippen molar-refractivity contribution in [2.24, 2.45) is 4.99 Å². The molecule has 2 aliphatic rings. The number of hydrogen-bond donors (Lipinski definition) is 0. The van der Waals surface area contributed by atoms with Gasteiger partial charge in [-0.1, -0.05) is 23.7 Å². The zero-order chi connectivity index (χ0) is 17.0. The molecule has 1 fully saturated rings. The molecular weight excluding hydrogens is 332 g/mol. The van der Waals surface area contributed by atoms with Gasteiger partial charge in [-0.2, -0.15) is 4.57 Å². The molecule has 2 aromatic rings. The van der Waals surface area contributed by atoms with Gasteiger partial charge in [0.25, 0.3) is 17.8 Å². The molecule has 1 atom stereocenters. The number of halogens is 1. The van der Waals surface area contributed by atoms with Crippen molar-refractivity contribution in [2.45, 2.75) is 19.5 Å². The third-order valence-electron chi connectivity index (χ3n) is 4.12. The van der Waals surface area contributed by atoms with Crippen LogP contribution in [0.3, 0.4) is 0 Å². The Morgan fingerprint density at radius 1 is 1.38 bits per heavy atom. The average molecular weight is 346 g/mol. The number of rotatable bonds is 2. The molecular formula is C16H14ClN4O3+. The van der Waals surface area contributed by atoms with E-state index in [-0.39, 0.29) is 12.5 Å². The number of imide groups is 1. The summed E-state index contributed by atoms with van der Waals surface area (Å²) in [6.07, 6.45) is 1.72. The summed E-state index contributed by atoms with van der Waals surface area (Å²) in [5, 5.41) is 0.558. The van der Waals surface area contributed by atoms with Gasteiger partial charge in [0.05, 0.1) is 6.54 Å². The zero-order valence-corrected chi connectivity index (χ0v) is 13.8. The van der Waals surface area contributed by atoms with Gasteiger partial charge in [0.2, 0.25) is 0 Å². The molecule has 0 aliphatic carbocycles. The number of hydrogen-bond acceptors (Lipinski definition) is 4. The highest BCUT2D eigenvalue weighted by Crippen LogP contribution is 2.29. The molecule has 24 heavy (non-hydrogen) atoms. The Bertz CT molecular complexity index is 904. The van der Waals surface area contributed by atoms with Crippen molar-refractivity contribution in [2.75, 3.05) is 7.05 Å². The summed E-state index contributed by atoms with van der Waals surface area (Å²) in [7, 11) is 1.60. The fourth-order valence-electron chi connectivity index (χ4n) is 3.00. The van der Waals surface area contributed by atoms with Crippen LogP contribution in [0.1, 0.15) is 17.4 Å². The molecule has 4 rings (SSSR count). The Labute approximate surface area is 142 Å². The first-order valence-electron chi connectivity index (χ1n) is 7.39. The van der Waals surface area contributed by atoms with Crippen molar-refractivity contribution in [1.29, 1.82) is 0 Å². The van der Waals surface area contributed by atoms with E-state index in [1.165, 1.54) is 9.80 Å². The van der Waals surface area contributed by atoms with Crippen molar-refractivity contribution in [3.8, 4) is 0 Å². The average Bonchev–Trinajstić information content (AvgIpc) is 3.05. The number of carbonyl (C=O) groups is 2. The summed E-state index contributed by atoms with van der Waals surface area (Å²) in [5.41, 5.74) is 0.782. The Balaban J connectivity index is 1.71. The van der Waals surface area contributed by atoms with E-state index in [2.05, 4.69) is 4.99 Å². The molecule has 1 aromatic heterocycles. The van der Waals surface area contributed by atoms with Crippen LogP contribution < -0.4 is 4.57 Å². The number of aliphatic imine (C=N–C) groups is 1. The number of benzene rings is 1. The van der Waals surface area contributed by atoms with E-state index < -0.39 is 12.1 Å². The molecule has 3 amide bonds. The summed E-state index contributed by atoms with van der Waals surface area (Å²) in [4.78, 5) is 32.4. The minimum atomic E-state index is -0.681. The number of amidine groups is 1. The summed E-state index contributed by atoms with van der Waals surface area (Å²) < 4.78 is 7.12. The van der Waals surface area contributed by atoms with E-state index in [0.717, 1.165) is 5.56 Å². The Hall–Kier alpha value is -2.67. The number of aromatic nitrogens is 1. The highest BCUT2D eigenvalue weighted by molar-refractivity contribution is 6.30. The predicted octanol–water partition coefficient (Wildman–Crippen LogP) is 2.21. The number of carbonyl (C=O) groups excluding carboxylic acids is 2. The standard InChI is InChI=1S/C16H14ClN4O3/c1-9-7-20-12-13(18-15(20)24-9)19(2)16(23)21(14(12)22)8-10-4-3-5-11(17)6-10/h3-7,12H,8H2,1-2H3/q+1. The van der Waals surface area contributed by atoms with Gasteiger partial charge in [-0.05, 0) is 24.6 Å². The molecule has 0 radical (unpaired) electrons. The predicted molar refractivity (Wildman–Crippen MR) is 84.9 cm³/mol. The second-order valence-corrected chi connectivity index (χ2v) is 6.24. The summed E-state index contributed by atoms with van der Waals surface area (Å²) in [5.74, 6) is 0.703. The number of fused-ring (bicyclic) bond motifs is 3. The lowest BCUT2D eigenvalue weighted by molar-refractivity contribution is -0.679. The summed E-state index contributed by atoms with van der Waals surface area (Å²) in [6.45, 7) is 1.94. The van der Waals surface area contributed by atoms with Gasteiger partial charge in [-0.3, -0.25) is 14.6 Å². The van der Waals surface area contributed by atoms with Crippen LogP contribution in [-0.2, 0) is 11.3 Å². The third kappa shape index (κ3) is 2.12. The van der Waals surface area contributed by atoms with Crippen LogP contribution in [0.5, 0.6) is 0 Å². The van der Waals surface area contributed by atoms with E-state index in [9.17, 15) is 9.59 Å². The topological polar surface area (TPSA) is 70.0 Å². The molecule has 1 unspecified atom stereocenters. The Morgan fingerprint density at radius 2 is 2.17 bits per heavy atom. The molecule has 7 nitrogen and oxygen atoms in total. The molecule has 3 heterocycles. The minimum absolute atomic E-state index is 0.152. The number of amides is 3. The normalized spacial score (nSPS) is 19.5. The van der Waals surface area contributed by atoms with Crippen molar-refractivity contribution < 1.29 is 18.6 Å². The third-order valence-corrected chi connectivity index (χ3v) is 4.35. The number of oxazole rings is 1. The van der Waals surface area contributed by atoms with Crippen LogP contribution in [0.25, 0.3) is 0 Å². The molecule has 122 valence electrons. The highest BCUT2D eigenvalue weighted by Gasteiger charge is 2.54. The van der Waals surface area contributed by atoms with Crippen LogP contribution in [0.4, 0.5) is 10.8 Å². The first kappa shape index (κ1) is 14.9. The lowest BCUT2D eigenvalue weighted by Crippen LogP contribution is -2.62. The number of aryl methyl sites for hydroxylation is 1. The maximum atomic E-state index is 12.9. The zero-order valence-electron chi connectivity index (χ0n) is 13.1. The molecule has 2 aliphatic heterocycles. The summed E-state index contributed by atoms with van der Waals surface area (Å²) in [6, 6.07) is 6.32. The fraction of sp³-hybridized carbons (Fsp3) is 0.250. The minimum Gasteiger partial charge on any atom is -0.390 e. The highest BCUT2D eigenvalue weighted by atomic mass is 35.5. The second kappa shape index (κ2) is 5.17. The van der Waals surface area contributed by atoms with Crippen LogP contribution in [0.2, 0.25) is 5.02 Å². The van der Waals surface area contributed by atoms with Gasteiger partial charge in [0.15, 0.2) is 0 Å². The first-order valence-corrected chi connectivity index (χ1v) is 7.77. The molecule has 8 heteroatoms. The quantitative estimate of drug-likeness (QED) is 0.783. The smallest absolute Gasteiger partial charge is 0.390 e. The van der Waals surface area contributed by atoms with E-state index >= 15 is 0 Å². The van der Waals surface area contributed by atoms with Crippen LogP contribution in [0.15, 0.2) is 39.9 Å². The molecule has 0 saturated carbocycles. The lowest BCUT2D eigenvalue weighted by Gasteiger charge is -2.32. The Kier molecular flexibility index (Phi) is 3.21. The van der Waals surface area contributed by atoms with Crippen molar-refractivity contribution in [3.05, 3.63) is 46.8 Å². The lowest BCUT2D eigenvalue weighted by atomic mass is 10.1. The molecule has 0 N–H and O–H groups in total. The number of nitrogens with zero attached hydrogens (tertiary/aromatic N) is 4. The van der Waals surface area contributed by atoms with E-state index in [1.807, 2.05) is 6.07 Å². The monoisotopic (exact) mass is 345 g/mol. The van der Waals surface area contributed by atoms with Crippen molar-refractivity contribution in [3.63, 3.8) is 0 Å². The summed E-state index contributed by atoms with van der Waals surface area (Å²) >= 11 is 5.99. The van der Waals surface area contributed by atoms with Crippen molar-refractivity contribution >= 4 is 35.4 Å². The fourth-order valence-corrected chi connectivity index (χ4v) is 3.21. The molecule has 0 bridgehead atoms. The molecule has 1 aromatic carbocycles. The first-order chi connectivity index (χ1) is 11.5. The second-order valence-electron chi connectivity index (χ2n) is 5.80. The number of urea groups is 1. The van der Waals surface area contributed by atoms with E-state index in [4.69, 9.17) is 16.0 Å². The largest absolute Gasteiger partial charge is 0.506 e. The molecule has 1 saturated heterocycles. The maximum absolute atomic E-state index is 12.9. The van der Waals surface area contributed by atoms with Gasteiger partial charge in [-0.15, -0.1) is 0 Å². The Morgan fingerprint density at radius 3 is 2.92 bits per heavy atom. The van der Waals surface area contributed by atoms with Crippen LogP contribution >= 0.6 is 11.6 Å².